The van der Waals surface area contributed by atoms with Crippen LogP contribution < -0.4 is 9.47 Å². The standard InChI is InChI=1S/C24H24N2O5/c1-25(16-19-10-6-7-11-22(19)30-2)24(27)17-31-23-13-12-21(26(28)29)15-20(23)14-18-8-4-3-5-9-18/h3-13,15H,14,16-17H2,1-2H3. The summed E-state index contributed by atoms with van der Waals surface area (Å²) < 4.78 is 11.1. The van der Waals surface area contributed by atoms with E-state index in [0.717, 1.165) is 11.1 Å². The summed E-state index contributed by atoms with van der Waals surface area (Å²) in [6, 6.07) is 21.5. The van der Waals surface area contributed by atoms with E-state index in [9.17, 15) is 14.9 Å². The van der Waals surface area contributed by atoms with Crippen molar-refractivity contribution in [2.75, 3.05) is 20.8 Å². The molecule has 0 fully saturated rings. The van der Waals surface area contributed by atoms with Gasteiger partial charge in [-0.05, 0) is 17.7 Å². The normalized spacial score (nSPS) is 10.4. The Bertz CT molecular complexity index is 1050. The van der Waals surface area contributed by atoms with E-state index < -0.39 is 4.92 Å². The van der Waals surface area contributed by atoms with Crippen LogP contribution in [-0.2, 0) is 17.8 Å². The Kier molecular flexibility index (Phi) is 7.22. The molecule has 0 spiro atoms. The Morgan fingerprint density at radius 1 is 0.968 bits per heavy atom. The number of para-hydroxylation sites is 1. The van der Waals surface area contributed by atoms with Crippen LogP contribution in [0.5, 0.6) is 11.5 Å². The third-order valence-corrected chi connectivity index (χ3v) is 4.87. The van der Waals surface area contributed by atoms with Crippen LogP contribution in [0.3, 0.4) is 0 Å². The van der Waals surface area contributed by atoms with Crippen LogP contribution in [0.15, 0.2) is 72.8 Å². The number of ether oxygens (including phenoxy) is 2. The van der Waals surface area contributed by atoms with Crippen molar-refractivity contribution in [2.24, 2.45) is 0 Å². The fourth-order valence-corrected chi connectivity index (χ4v) is 3.20. The molecule has 0 saturated carbocycles. The molecule has 3 aromatic carbocycles. The lowest BCUT2D eigenvalue weighted by Crippen LogP contribution is -2.31. The molecular formula is C24H24N2O5. The van der Waals surface area contributed by atoms with Crippen molar-refractivity contribution in [1.29, 1.82) is 0 Å². The zero-order chi connectivity index (χ0) is 22.2. The smallest absolute Gasteiger partial charge is 0.269 e. The number of nitro benzene ring substituents is 1. The topological polar surface area (TPSA) is 81.9 Å². The Balaban J connectivity index is 1.71. The van der Waals surface area contributed by atoms with Crippen molar-refractivity contribution in [3.8, 4) is 11.5 Å². The number of nitro groups is 1. The summed E-state index contributed by atoms with van der Waals surface area (Å²) in [6.07, 6.45) is 0.461. The van der Waals surface area contributed by atoms with Crippen molar-refractivity contribution in [3.05, 3.63) is 99.6 Å². The SMILES string of the molecule is COc1ccccc1CN(C)C(=O)COc1ccc([N+](=O)[O-])cc1Cc1ccccc1. The number of benzene rings is 3. The Hall–Kier alpha value is -3.87. The molecule has 0 unspecified atom stereocenters. The van der Waals surface area contributed by atoms with E-state index in [1.165, 1.54) is 12.1 Å². The number of methoxy groups -OCH3 is 1. The molecule has 1 amide bonds. The van der Waals surface area contributed by atoms with Gasteiger partial charge in [0.15, 0.2) is 6.61 Å². The highest BCUT2D eigenvalue weighted by Gasteiger charge is 2.16. The van der Waals surface area contributed by atoms with Crippen molar-refractivity contribution in [1.82, 2.24) is 4.90 Å². The van der Waals surface area contributed by atoms with Crippen LogP contribution in [-0.4, -0.2) is 36.5 Å². The molecule has 7 heteroatoms. The lowest BCUT2D eigenvalue weighted by molar-refractivity contribution is -0.384. The second-order valence-electron chi connectivity index (χ2n) is 7.06. The van der Waals surface area contributed by atoms with Crippen molar-refractivity contribution < 1.29 is 19.2 Å². The number of hydrogen-bond acceptors (Lipinski definition) is 5. The molecule has 0 aliphatic carbocycles. The molecular weight excluding hydrogens is 396 g/mol. The Morgan fingerprint density at radius 3 is 2.39 bits per heavy atom. The average Bonchev–Trinajstić information content (AvgIpc) is 2.78. The van der Waals surface area contributed by atoms with Gasteiger partial charge in [-0.25, -0.2) is 0 Å². The van der Waals surface area contributed by atoms with Crippen molar-refractivity contribution in [2.45, 2.75) is 13.0 Å². The predicted molar refractivity (Wildman–Crippen MR) is 117 cm³/mol. The minimum absolute atomic E-state index is 0.0158. The first kappa shape index (κ1) is 21.8. The number of nitrogens with zero attached hydrogens (tertiary/aromatic N) is 2. The lowest BCUT2D eigenvalue weighted by Gasteiger charge is -2.19. The van der Waals surface area contributed by atoms with Crippen molar-refractivity contribution >= 4 is 11.6 Å². The molecule has 0 bridgehead atoms. The van der Waals surface area contributed by atoms with Crippen LogP contribution in [0.2, 0.25) is 0 Å². The second-order valence-corrected chi connectivity index (χ2v) is 7.06. The molecule has 0 saturated heterocycles. The number of likely N-dealkylation sites (N-methyl/N-ethyl adjacent to an activating group) is 1. The van der Waals surface area contributed by atoms with E-state index >= 15 is 0 Å². The summed E-state index contributed by atoms with van der Waals surface area (Å²) in [7, 11) is 3.28. The van der Waals surface area contributed by atoms with Gasteiger partial charge in [-0.2, -0.15) is 0 Å². The summed E-state index contributed by atoms with van der Waals surface area (Å²) in [6.45, 7) is 0.203. The van der Waals surface area contributed by atoms with Crippen LogP contribution in [0.4, 0.5) is 5.69 Å². The van der Waals surface area contributed by atoms with Crippen molar-refractivity contribution in [3.63, 3.8) is 0 Å². The zero-order valence-electron chi connectivity index (χ0n) is 17.5. The molecule has 0 aliphatic rings. The number of carbonyl (C=O) groups excluding carboxylic acids is 1. The molecule has 0 radical (unpaired) electrons. The van der Waals surface area contributed by atoms with Gasteiger partial charge in [0.05, 0.1) is 12.0 Å². The van der Waals surface area contributed by atoms with Crippen LogP contribution in [0.25, 0.3) is 0 Å². The van der Waals surface area contributed by atoms with E-state index in [0.29, 0.717) is 30.0 Å². The summed E-state index contributed by atoms with van der Waals surface area (Å²) in [5, 5.41) is 11.2. The molecule has 31 heavy (non-hydrogen) atoms. The van der Waals surface area contributed by atoms with Gasteiger partial charge in [0.2, 0.25) is 0 Å². The van der Waals surface area contributed by atoms with E-state index in [1.807, 2.05) is 54.6 Å². The first-order chi connectivity index (χ1) is 15.0. The van der Waals surface area contributed by atoms with Crippen LogP contribution in [0, 0.1) is 10.1 Å². The molecule has 3 rings (SSSR count). The molecule has 0 heterocycles. The maximum absolute atomic E-state index is 12.6. The maximum Gasteiger partial charge on any atom is 0.269 e. The molecule has 0 N–H and O–H groups in total. The highest BCUT2D eigenvalue weighted by atomic mass is 16.6. The van der Waals surface area contributed by atoms with E-state index in [-0.39, 0.29) is 18.2 Å². The molecule has 3 aromatic rings. The largest absolute Gasteiger partial charge is 0.496 e. The van der Waals surface area contributed by atoms with E-state index in [4.69, 9.17) is 9.47 Å². The molecule has 160 valence electrons. The maximum atomic E-state index is 12.6. The van der Waals surface area contributed by atoms with Gasteiger partial charge in [-0.3, -0.25) is 14.9 Å². The highest BCUT2D eigenvalue weighted by molar-refractivity contribution is 5.77. The van der Waals surface area contributed by atoms with Gasteiger partial charge >= 0.3 is 0 Å². The van der Waals surface area contributed by atoms with Gasteiger partial charge in [0.25, 0.3) is 11.6 Å². The number of hydrogen-bond donors (Lipinski definition) is 0. The van der Waals surface area contributed by atoms with Gasteiger partial charge in [0, 0.05) is 43.3 Å². The zero-order valence-corrected chi connectivity index (χ0v) is 17.5. The third kappa shape index (κ3) is 5.82. The fourth-order valence-electron chi connectivity index (χ4n) is 3.20. The first-order valence-corrected chi connectivity index (χ1v) is 9.78. The summed E-state index contributed by atoms with van der Waals surface area (Å²) in [4.78, 5) is 24.9. The average molecular weight is 420 g/mol. The number of carbonyl (C=O) groups is 1. The summed E-state index contributed by atoms with van der Waals surface area (Å²) in [5.74, 6) is 0.951. The minimum atomic E-state index is -0.440. The molecule has 0 aromatic heterocycles. The fraction of sp³-hybridized carbons (Fsp3) is 0.208. The van der Waals surface area contributed by atoms with Gasteiger partial charge in [-0.15, -0.1) is 0 Å². The first-order valence-electron chi connectivity index (χ1n) is 9.78. The molecule has 0 aliphatic heterocycles. The van der Waals surface area contributed by atoms with Crippen LogP contribution >= 0.6 is 0 Å². The summed E-state index contributed by atoms with van der Waals surface area (Å²) >= 11 is 0. The molecule has 0 atom stereocenters. The second kappa shape index (κ2) is 10.2. The predicted octanol–water partition coefficient (Wildman–Crippen LogP) is 4.23. The third-order valence-electron chi connectivity index (χ3n) is 4.87. The number of rotatable bonds is 9. The minimum Gasteiger partial charge on any atom is -0.496 e. The Morgan fingerprint density at radius 2 is 1.68 bits per heavy atom. The van der Waals surface area contributed by atoms with Crippen LogP contribution in [0.1, 0.15) is 16.7 Å². The highest BCUT2D eigenvalue weighted by Crippen LogP contribution is 2.27. The quantitative estimate of drug-likeness (QED) is 0.382. The number of amides is 1. The van der Waals surface area contributed by atoms with Gasteiger partial charge in [-0.1, -0.05) is 48.5 Å². The van der Waals surface area contributed by atoms with E-state index in [2.05, 4.69) is 0 Å². The monoisotopic (exact) mass is 420 g/mol. The van der Waals surface area contributed by atoms with Gasteiger partial charge in [0.1, 0.15) is 11.5 Å². The molecule has 7 nitrogen and oxygen atoms in total. The Labute approximate surface area is 181 Å². The lowest BCUT2D eigenvalue weighted by atomic mass is 10.0. The van der Waals surface area contributed by atoms with E-state index in [1.54, 1.807) is 25.1 Å². The summed E-state index contributed by atoms with van der Waals surface area (Å²) in [5.41, 5.74) is 2.52. The number of non-ortho nitro benzene ring substituents is 1. The van der Waals surface area contributed by atoms with Gasteiger partial charge < -0.3 is 14.4 Å².